The SMILES string of the molecule is O=C(N[C@@H](c1ccc(Cl)cc1)c1ncon1)[C@@H]1CCOC1. The largest absolute Gasteiger partial charge is 0.381 e. The van der Waals surface area contributed by atoms with Crippen molar-refractivity contribution in [3.8, 4) is 0 Å². The van der Waals surface area contributed by atoms with Gasteiger partial charge >= 0.3 is 0 Å². The van der Waals surface area contributed by atoms with E-state index in [-0.39, 0.29) is 11.8 Å². The first-order valence-electron chi connectivity index (χ1n) is 6.64. The number of nitrogens with one attached hydrogen (secondary N) is 1. The molecule has 1 N–H and O–H groups in total. The summed E-state index contributed by atoms with van der Waals surface area (Å²) in [7, 11) is 0. The average Bonchev–Trinajstić information content (AvgIpc) is 3.19. The van der Waals surface area contributed by atoms with Crippen molar-refractivity contribution in [3.63, 3.8) is 0 Å². The number of nitrogens with zero attached hydrogens (tertiary/aromatic N) is 2. The van der Waals surface area contributed by atoms with Gasteiger partial charge in [0.15, 0.2) is 5.82 Å². The van der Waals surface area contributed by atoms with Crippen LogP contribution < -0.4 is 5.32 Å². The molecule has 2 atom stereocenters. The van der Waals surface area contributed by atoms with Crippen LogP contribution in [0.1, 0.15) is 23.9 Å². The summed E-state index contributed by atoms with van der Waals surface area (Å²) < 4.78 is 10.0. The Morgan fingerprint density at radius 3 is 2.81 bits per heavy atom. The maximum absolute atomic E-state index is 12.3. The monoisotopic (exact) mass is 307 g/mol. The van der Waals surface area contributed by atoms with Crippen molar-refractivity contribution in [3.05, 3.63) is 47.1 Å². The summed E-state index contributed by atoms with van der Waals surface area (Å²) in [5.74, 6) is 0.202. The summed E-state index contributed by atoms with van der Waals surface area (Å²) in [4.78, 5) is 16.3. The molecule has 21 heavy (non-hydrogen) atoms. The standard InChI is InChI=1S/C14H14ClN3O3/c15-11-3-1-9(2-4-11)12(13-16-8-21-18-13)17-14(19)10-5-6-20-7-10/h1-4,8,10,12H,5-7H2,(H,17,19)/t10-,12+/m1/s1. The van der Waals surface area contributed by atoms with Crippen LogP contribution in [-0.2, 0) is 9.53 Å². The molecule has 1 saturated heterocycles. The van der Waals surface area contributed by atoms with Gasteiger partial charge in [-0.05, 0) is 24.1 Å². The van der Waals surface area contributed by atoms with E-state index in [2.05, 4.69) is 15.5 Å². The summed E-state index contributed by atoms with van der Waals surface area (Å²) in [6.07, 6.45) is 1.97. The summed E-state index contributed by atoms with van der Waals surface area (Å²) in [5.41, 5.74) is 0.841. The van der Waals surface area contributed by atoms with Gasteiger partial charge in [-0.25, -0.2) is 0 Å². The van der Waals surface area contributed by atoms with Crippen LogP contribution in [0.3, 0.4) is 0 Å². The Morgan fingerprint density at radius 2 is 2.19 bits per heavy atom. The van der Waals surface area contributed by atoms with Gasteiger partial charge in [0.25, 0.3) is 0 Å². The van der Waals surface area contributed by atoms with Gasteiger partial charge in [0, 0.05) is 11.6 Å². The zero-order valence-electron chi connectivity index (χ0n) is 11.2. The number of carbonyl (C=O) groups excluding carboxylic acids is 1. The minimum Gasteiger partial charge on any atom is -0.381 e. The van der Waals surface area contributed by atoms with Crippen LogP contribution in [0, 0.1) is 5.92 Å². The van der Waals surface area contributed by atoms with Gasteiger partial charge in [-0.3, -0.25) is 4.79 Å². The molecular formula is C14H14ClN3O3. The van der Waals surface area contributed by atoms with Crippen LogP contribution in [0.4, 0.5) is 0 Å². The molecule has 2 aromatic rings. The Morgan fingerprint density at radius 1 is 1.38 bits per heavy atom. The molecule has 0 bridgehead atoms. The van der Waals surface area contributed by atoms with Crippen LogP contribution >= 0.6 is 11.6 Å². The van der Waals surface area contributed by atoms with Crippen molar-refractivity contribution < 1.29 is 14.1 Å². The number of rotatable bonds is 4. The molecular weight excluding hydrogens is 294 g/mol. The number of amides is 1. The smallest absolute Gasteiger partial charge is 0.226 e. The van der Waals surface area contributed by atoms with Crippen LogP contribution in [0.15, 0.2) is 35.2 Å². The van der Waals surface area contributed by atoms with Crippen molar-refractivity contribution in [2.75, 3.05) is 13.2 Å². The Kier molecular flexibility index (Phi) is 4.17. The van der Waals surface area contributed by atoms with E-state index in [1.165, 1.54) is 6.39 Å². The molecule has 6 nitrogen and oxygen atoms in total. The summed E-state index contributed by atoms with van der Waals surface area (Å²) in [6.45, 7) is 1.07. The maximum atomic E-state index is 12.3. The third-order valence-electron chi connectivity index (χ3n) is 3.43. The number of benzene rings is 1. The molecule has 2 heterocycles. The third-order valence-corrected chi connectivity index (χ3v) is 3.68. The Balaban J connectivity index is 1.82. The van der Waals surface area contributed by atoms with Gasteiger partial charge in [0.05, 0.1) is 12.5 Å². The number of ether oxygens (including phenoxy) is 1. The van der Waals surface area contributed by atoms with Crippen molar-refractivity contribution in [1.29, 1.82) is 0 Å². The minimum atomic E-state index is -0.464. The lowest BCUT2D eigenvalue weighted by Crippen LogP contribution is -2.35. The highest BCUT2D eigenvalue weighted by molar-refractivity contribution is 6.30. The molecule has 110 valence electrons. The maximum Gasteiger partial charge on any atom is 0.226 e. The molecule has 1 aromatic carbocycles. The van der Waals surface area contributed by atoms with E-state index in [1.54, 1.807) is 12.1 Å². The Hall–Kier alpha value is -1.92. The Labute approximate surface area is 126 Å². The van der Waals surface area contributed by atoms with Gasteiger partial charge in [0.2, 0.25) is 12.3 Å². The highest BCUT2D eigenvalue weighted by atomic mass is 35.5. The van der Waals surface area contributed by atoms with Crippen LogP contribution in [0.25, 0.3) is 0 Å². The second kappa shape index (κ2) is 6.24. The van der Waals surface area contributed by atoms with Crippen molar-refractivity contribution >= 4 is 17.5 Å². The van der Waals surface area contributed by atoms with Gasteiger partial charge in [-0.15, -0.1) is 0 Å². The van der Waals surface area contributed by atoms with Crippen LogP contribution in [-0.4, -0.2) is 29.3 Å². The van der Waals surface area contributed by atoms with E-state index in [9.17, 15) is 4.79 Å². The van der Waals surface area contributed by atoms with Crippen molar-refractivity contribution in [1.82, 2.24) is 15.5 Å². The van der Waals surface area contributed by atoms with E-state index in [0.717, 1.165) is 12.0 Å². The molecule has 3 rings (SSSR count). The predicted molar refractivity (Wildman–Crippen MR) is 74.7 cm³/mol. The van der Waals surface area contributed by atoms with E-state index >= 15 is 0 Å². The van der Waals surface area contributed by atoms with E-state index in [1.807, 2.05) is 12.1 Å². The zero-order valence-corrected chi connectivity index (χ0v) is 11.9. The third kappa shape index (κ3) is 3.22. The molecule has 1 aliphatic rings. The molecule has 1 aromatic heterocycles. The van der Waals surface area contributed by atoms with Gasteiger partial charge in [-0.2, -0.15) is 4.98 Å². The van der Waals surface area contributed by atoms with E-state index in [4.69, 9.17) is 20.9 Å². The molecule has 0 aliphatic carbocycles. The number of hydrogen-bond donors (Lipinski definition) is 1. The number of halogens is 1. The molecule has 7 heteroatoms. The van der Waals surface area contributed by atoms with Crippen molar-refractivity contribution in [2.24, 2.45) is 5.92 Å². The number of carbonyl (C=O) groups is 1. The van der Waals surface area contributed by atoms with Gasteiger partial charge in [0.1, 0.15) is 6.04 Å². The van der Waals surface area contributed by atoms with Gasteiger partial charge in [-0.1, -0.05) is 28.9 Å². The highest BCUT2D eigenvalue weighted by Gasteiger charge is 2.28. The summed E-state index contributed by atoms with van der Waals surface area (Å²) >= 11 is 5.90. The summed E-state index contributed by atoms with van der Waals surface area (Å²) in [6, 6.07) is 6.71. The lowest BCUT2D eigenvalue weighted by atomic mass is 10.0. The predicted octanol–water partition coefficient (Wildman–Crippen LogP) is 1.97. The quantitative estimate of drug-likeness (QED) is 0.934. The second-order valence-electron chi connectivity index (χ2n) is 4.84. The molecule has 1 fully saturated rings. The topological polar surface area (TPSA) is 77.3 Å². The molecule has 1 amide bonds. The molecule has 0 saturated carbocycles. The highest BCUT2D eigenvalue weighted by Crippen LogP contribution is 2.22. The summed E-state index contributed by atoms with van der Waals surface area (Å²) in [5, 5.41) is 7.41. The first-order chi connectivity index (χ1) is 10.2. The fourth-order valence-electron chi connectivity index (χ4n) is 2.26. The average molecular weight is 308 g/mol. The fourth-order valence-corrected chi connectivity index (χ4v) is 2.39. The number of aromatic nitrogens is 2. The normalized spacial score (nSPS) is 19.4. The zero-order chi connectivity index (χ0) is 14.7. The minimum absolute atomic E-state index is 0.0720. The molecule has 0 unspecified atom stereocenters. The molecule has 0 radical (unpaired) electrons. The van der Waals surface area contributed by atoms with E-state index in [0.29, 0.717) is 24.1 Å². The molecule has 0 spiro atoms. The lowest BCUT2D eigenvalue weighted by Gasteiger charge is -2.18. The molecule has 1 aliphatic heterocycles. The Bertz CT molecular complexity index is 594. The second-order valence-corrected chi connectivity index (χ2v) is 5.28. The van der Waals surface area contributed by atoms with Crippen molar-refractivity contribution in [2.45, 2.75) is 12.5 Å². The number of hydrogen-bond acceptors (Lipinski definition) is 5. The first kappa shape index (κ1) is 14.0. The van der Waals surface area contributed by atoms with Crippen LogP contribution in [0.2, 0.25) is 5.02 Å². The van der Waals surface area contributed by atoms with Crippen LogP contribution in [0.5, 0.6) is 0 Å². The lowest BCUT2D eigenvalue weighted by molar-refractivity contribution is -0.125. The fraction of sp³-hybridized carbons (Fsp3) is 0.357. The van der Waals surface area contributed by atoms with Gasteiger partial charge < -0.3 is 14.6 Å². The first-order valence-corrected chi connectivity index (χ1v) is 7.01. The van der Waals surface area contributed by atoms with E-state index < -0.39 is 6.04 Å².